The van der Waals surface area contributed by atoms with Gasteiger partial charge in [-0.05, 0) is 48.6 Å². The van der Waals surface area contributed by atoms with E-state index in [0.717, 1.165) is 29.3 Å². The van der Waals surface area contributed by atoms with Gasteiger partial charge >= 0.3 is 0 Å². The highest BCUT2D eigenvalue weighted by Crippen LogP contribution is 2.29. The molecule has 7 heteroatoms. The van der Waals surface area contributed by atoms with E-state index in [1.165, 1.54) is 31.9 Å². The van der Waals surface area contributed by atoms with E-state index in [2.05, 4.69) is 11.4 Å². The van der Waals surface area contributed by atoms with Crippen LogP contribution in [0.1, 0.15) is 40.4 Å². The summed E-state index contributed by atoms with van der Waals surface area (Å²) in [4.78, 5) is 17.5. The number of nitrogens with one attached hydrogen (secondary N) is 1. The fourth-order valence-corrected chi connectivity index (χ4v) is 4.21. The molecule has 0 aliphatic heterocycles. The van der Waals surface area contributed by atoms with Gasteiger partial charge in [-0.25, -0.2) is 8.42 Å². The highest BCUT2D eigenvalue weighted by atomic mass is 32.2. The molecule has 0 heterocycles. The van der Waals surface area contributed by atoms with E-state index in [1.807, 2.05) is 18.2 Å². The van der Waals surface area contributed by atoms with Crippen molar-refractivity contribution in [2.24, 2.45) is 0 Å². The van der Waals surface area contributed by atoms with Crippen LogP contribution in [-0.4, -0.2) is 33.0 Å². The molecule has 1 aliphatic rings. The number of aryl methyl sites for hydroxylation is 1. The van der Waals surface area contributed by atoms with Gasteiger partial charge in [-0.1, -0.05) is 34.8 Å². The SMILES string of the molecule is CON(C)S(=O)(=O)c1cccc(C(=O)N[C@@H]2CCCc3ccccc32)c1. The van der Waals surface area contributed by atoms with Gasteiger partial charge in [0.2, 0.25) is 0 Å². The topological polar surface area (TPSA) is 75.7 Å². The van der Waals surface area contributed by atoms with Crippen molar-refractivity contribution < 1.29 is 18.0 Å². The maximum atomic E-state index is 12.7. The standard InChI is InChI=1S/C19H22N2O4S/c1-21(25-2)26(23,24)16-10-5-9-15(13-16)19(22)20-18-12-6-8-14-7-3-4-11-17(14)18/h3-5,7,9-11,13,18H,6,8,12H2,1-2H3,(H,20,22)/t18-/m1/s1. The van der Waals surface area contributed by atoms with Crippen LogP contribution in [0.5, 0.6) is 0 Å². The number of carbonyl (C=O) groups is 1. The average Bonchev–Trinajstić information content (AvgIpc) is 2.67. The monoisotopic (exact) mass is 374 g/mol. The van der Waals surface area contributed by atoms with Crippen LogP contribution in [0.15, 0.2) is 53.4 Å². The molecule has 0 saturated carbocycles. The van der Waals surface area contributed by atoms with Gasteiger partial charge in [-0.2, -0.15) is 0 Å². The van der Waals surface area contributed by atoms with Gasteiger partial charge in [-0.15, -0.1) is 0 Å². The first-order chi connectivity index (χ1) is 12.4. The summed E-state index contributed by atoms with van der Waals surface area (Å²) in [6, 6.07) is 14.0. The lowest BCUT2D eigenvalue weighted by molar-refractivity contribution is -0.0258. The Bertz CT molecular complexity index is 911. The van der Waals surface area contributed by atoms with Gasteiger partial charge in [0.15, 0.2) is 0 Å². The predicted molar refractivity (Wildman–Crippen MR) is 98.0 cm³/mol. The van der Waals surface area contributed by atoms with E-state index in [-0.39, 0.29) is 16.8 Å². The highest BCUT2D eigenvalue weighted by molar-refractivity contribution is 7.89. The second-order valence-corrected chi connectivity index (χ2v) is 8.18. The van der Waals surface area contributed by atoms with Crippen molar-refractivity contribution in [3.05, 3.63) is 65.2 Å². The summed E-state index contributed by atoms with van der Waals surface area (Å²) < 4.78 is 25.5. The number of sulfonamides is 1. The first kappa shape index (κ1) is 18.6. The summed E-state index contributed by atoms with van der Waals surface area (Å²) >= 11 is 0. The van der Waals surface area contributed by atoms with Crippen LogP contribution >= 0.6 is 0 Å². The lowest BCUT2D eigenvalue weighted by Gasteiger charge is -2.26. The molecule has 0 radical (unpaired) electrons. The number of carbonyl (C=O) groups excluding carboxylic acids is 1. The van der Waals surface area contributed by atoms with Gasteiger partial charge in [0.05, 0.1) is 18.0 Å². The summed E-state index contributed by atoms with van der Waals surface area (Å²) in [6.07, 6.45) is 2.89. The molecule has 3 rings (SSSR count). The quantitative estimate of drug-likeness (QED) is 0.817. The Kier molecular flexibility index (Phi) is 5.41. The summed E-state index contributed by atoms with van der Waals surface area (Å²) in [7, 11) is -1.22. The van der Waals surface area contributed by atoms with E-state index >= 15 is 0 Å². The van der Waals surface area contributed by atoms with Crippen molar-refractivity contribution in [1.29, 1.82) is 0 Å². The molecule has 0 saturated heterocycles. The molecule has 1 amide bonds. The zero-order valence-corrected chi connectivity index (χ0v) is 15.6. The summed E-state index contributed by atoms with van der Waals surface area (Å²) in [5.41, 5.74) is 2.69. The molecular formula is C19H22N2O4S. The van der Waals surface area contributed by atoms with Gasteiger partial charge < -0.3 is 5.32 Å². The van der Waals surface area contributed by atoms with E-state index < -0.39 is 10.0 Å². The van der Waals surface area contributed by atoms with Crippen LogP contribution in [0.4, 0.5) is 0 Å². The van der Waals surface area contributed by atoms with Crippen molar-refractivity contribution in [2.75, 3.05) is 14.2 Å². The Hall–Kier alpha value is -2.22. The second kappa shape index (κ2) is 7.57. The Labute approximate surface area is 153 Å². The zero-order chi connectivity index (χ0) is 18.7. The minimum absolute atomic E-state index is 0.0125. The van der Waals surface area contributed by atoms with Crippen LogP contribution < -0.4 is 5.32 Å². The molecule has 1 atom stereocenters. The number of hydrogen-bond donors (Lipinski definition) is 1. The second-order valence-electron chi connectivity index (χ2n) is 6.24. The lowest BCUT2D eigenvalue weighted by Crippen LogP contribution is -2.31. The number of hydrogen-bond acceptors (Lipinski definition) is 4. The molecule has 0 unspecified atom stereocenters. The molecule has 2 aromatic carbocycles. The highest BCUT2D eigenvalue weighted by Gasteiger charge is 2.24. The molecule has 0 bridgehead atoms. The molecule has 0 spiro atoms. The maximum Gasteiger partial charge on any atom is 0.264 e. The van der Waals surface area contributed by atoms with Crippen LogP contribution in [0.3, 0.4) is 0 Å². The number of rotatable bonds is 5. The molecule has 6 nitrogen and oxygen atoms in total. The van der Waals surface area contributed by atoms with Crippen LogP contribution in [-0.2, 0) is 21.3 Å². The van der Waals surface area contributed by atoms with Crippen LogP contribution in [0, 0.1) is 0 Å². The normalized spacial score (nSPS) is 17.0. The van der Waals surface area contributed by atoms with Gasteiger partial charge in [0.25, 0.3) is 15.9 Å². The van der Waals surface area contributed by atoms with Crippen molar-refractivity contribution in [2.45, 2.75) is 30.2 Å². The van der Waals surface area contributed by atoms with Gasteiger partial charge in [-0.3, -0.25) is 9.63 Å². The summed E-state index contributed by atoms with van der Waals surface area (Å²) in [6.45, 7) is 0. The Morgan fingerprint density at radius 2 is 1.96 bits per heavy atom. The molecule has 1 aliphatic carbocycles. The maximum absolute atomic E-state index is 12.7. The smallest absolute Gasteiger partial charge is 0.264 e. The Morgan fingerprint density at radius 1 is 1.19 bits per heavy atom. The number of amides is 1. The minimum atomic E-state index is -3.80. The van der Waals surface area contributed by atoms with Gasteiger partial charge in [0.1, 0.15) is 0 Å². The van der Waals surface area contributed by atoms with Crippen molar-refractivity contribution in [3.8, 4) is 0 Å². The number of benzene rings is 2. The summed E-state index contributed by atoms with van der Waals surface area (Å²) in [5.74, 6) is -0.288. The zero-order valence-electron chi connectivity index (χ0n) is 14.8. The van der Waals surface area contributed by atoms with Crippen molar-refractivity contribution in [3.63, 3.8) is 0 Å². The molecule has 138 valence electrons. The predicted octanol–water partition coefficient (Wildman–Crippen LogP) is 2.68. The molecule has 0 fully saturated rings. The van der Waals surface area contributed by atoms with E-state index in [9.17, 15) is 13.2 Å². The Balaban J connectivity index is 1.83. The molecule has 1 N–H and O–H groups in total. The van der Waals surface area contributed by atoms with Crippen LogP contribution in [0.25, 0.3) is 0 Å². The van der Waals surface area contributed by atoms with Crippen molar-refractivity contribution in [1.82, 2.24) is 9.79 Å². The fraction of sp³-hybridized carbons (Fsp3) is 0.316. The molecule has 0 aromatic heterocycles. The lowest BCUT2D eigenvalue weighted by atomic mass is 9.87. The van der Waals surface area contributed by atoms with Crippen LogP contribution in [0.2, 0.25) is 0 Å². The third-order valence-corrected chi connectivity index (χ3v) is 6.34. The Morgan fingerprint density at radius 3 is 2.73 bits per heavy atom. The summed E-state index contributed by atoms with van der Waals surface area (Å²) in [5, 5.41) is 3.03. The van der Waals surface area contributed by atoms with E-state index in [4.69, 9.17) is 4.84 Å². The molecule has 26 heavy (non-hydrogen) atoms. The van der Waals surface area contributed by atoms with E-state index in [0.29, 0.717) is 5.56 Å². The number of fused-ring (bicyclic) bond motifs is 1. The number of hydroxylamine groups is 1. The fourth-order valence-electron chi connectivity index (χ4n) is 3.19. The number of nitrogens with zero attached hydrogens (tertiary/aromatic N) is 1. The first-order valence-corrected chi connectivity index (χ1v) is 9.89. The first-order valence-electron chi connectivity index (χ1n) is 8.45. The molecule has 2 aromatic rings. The average molecular weight is 374 g/mol. The van der Waals surface area contributed by atoms with E-state index in [1.54, 1.807) is 12.1 Å². The third kappa shape index (κ3) is 3.65. The largest absolute Gasteiger partial charge is 0.345 e. The third-order valence-electron chi connectivity index (χ3n) is 4.66. The molecular weight excluding hydrogens is 352 g/mol. The van der Waals surface area contributed by atoms with Gasteiger partial charge in [0, 0.05) is 12.6 Å². The minimum Gasteiger partial charge on any atom is -0.345 e. The van der Waals surface area contributed by atoms with Crippen molar-refractivity contribution >= 4 is 15.9 Å².